The van der Waals surface area contributed by atoms with Crippen LogP contribution < -0.4 is 15.2 Å². The molecule has 0 fully saturated rings. The maximum Gasteiger partial charge on any atom is 0.325 e. The number of rotatable bonds is 5. The second-order valence-corrected chi connectivity index (χ2v) is 4.22. The maximum absolute atomic E-state index is 11.0. The highest BCUT2D eigenvalue weighted by atomic mass is 79.9. The molecule has 18 heavy (non-hydrogen) atoms. The standard InChI is InChI=1S/C11H12BrNO5/c1-17-9-5(8(13)11(15)16)3-7(12)6(4-14)10(9)18-2/h3-4,8H,13H2,1-2H3,(H,15,16). The molecule has 6 nitrogen and oxygen atoms in total. The number of carboxylic acids is 1. The Morgan fingerprint density at radius 1 is 1.44 bits per heavy atom. The van der Waals surface area contributed by atoms with E-state index in [2.05, 4.69) is 15.9 Å². The predicted molar refractivity (Wildman–Crippen MR) is 67.2 cm³/mol. The van der Waals surface area contributed by atoms with E-state index in [4.69, 9.17) is 20.3 Å². The lowest BCUT2D eigenvalue weighted by Gasteiger charge is -2.17. The average molecular weight is 318 g/mol. The molecule has 0 saturated heterocycles. The number of methoxy groups -OCH3 is 2. The number of halogens is 1. The molecule has 0 aliphatic heterocycles. The first-order valence-electron chi connectivity index (χ1n) is 4.85. The summed E-state index contributed by atoms with van der Waals surface area (Å²) in [5, 5.41) is 8.93. The summed E-state index contributed by atoms with van der Waals surface area (Å²) in [7, 11) is 2.70. The molecule has 0 heterocycles. The van der Waals surface area contributed by atoms with Crippen LogP contribution in [0.3, 0.4) is 0 Å². The quantitative estimate of drug-likeness (QED) is 0.796. The van der Waals surface area contributed by atoms with Crippen molar-refractivity contribution in [1.29, 1.82) is 0 Å². The molecule has 7 heteroatoms. The van der Waals surface area contributed by atoms with Gasteiger partial charge in [0.05, 0.1) is 19.8 Å². The van der Waals surface area contributed by atoms with Crippen molar-refractivity contribution in [1.82, 2.24) is 0 Å². The van der Waals surface area contributed by atoms with Gasteiger partial charge in [-0.3, -0.25) is 9.59 Å². The second kappa shape index (κ2) is 5.83. The molecule has 0 aliphatic carbocycles. The fraction of sp³-hybridized carbons (Fsp3) is 0.273. The summed E-state index contributed by atoms with van der Waals surface area (Å²) in [6.45, 7) is 0. The first-order valence-corrected chi connectivity index (χ1v) is 5.65. The Bertz CT molecular complexity index is 489. The molecular weight excluding hydrogens is 306 g/mol. The minimum absolute atomic E-state index is 0.137. The van der Waals surface area contributed by atoms with Gasteiger partial charge >= 0.3 is 5.97 Å². The molecular formula is C11H12BrNO5. The highest BCUT2D eigenvalue weighted by Gasteiger charge is 2.25. The van der Waals surface area contributed by atoms with Gasteiger partial charge in [0.1, 0.15) is 6.04 Å². The van der Waals surface area contributed by atoms with Gasteiger partial charge in [0, 0.05) is 10.0 Å². The Morgan fingerprint density at radius 2 is 2.00 bits per heavy atom. The minimum Gasteiger partial charge on any atom is -0.492 e. The number of aldehydes is 1. The number of hydrogen-bond donors (Lipinski definition) is 2. The Balaban J connectivity index is 3.58. The molecule has 0 radical (unpaired) electrons. The Kier molecular flexibility index (Phi) is 4.69. The molecule has 0 saturated carbocycles. The summed E-state index contributed by atoms with van der Waals surface area (Å²) in [6, 6.07) is 0.162. The molecule has 1 atom stereocenters. The third-order valence-electron chi connectivity index (χ3n) is 2.38. The van der Waals surface area contributed by atoms with Gasteiger partial charge in [0.15, 0.2) is 17.8 Å². The van der Waals surface area contributed by atoms with Crippen LogP contribution in [-0.2, 0) is 4.79 Å². The predicted octanol–water partition coefficient (Wildman–Crippen LogP) is 1.36. The summed E-state index contributed by atoms with van der Waals surface area (Å²) < 4.78 is 10.6. The van der Waals surface area contributed by atoms with Crippen molar-refractivity contribution >= 4 is 28.2 Å². The summed E-state index contributed by atoms with van der Waals surface area (Å²) in [5.74, 6) is -0.924. The van der Waals surface area contributed by atoms with E-state index in [0.29, 0.717) is 10.8 Å². The minimum atomic E-state index is -1.27. The molecule has 1 aromatic rings. The molecule has 0 bridgehead atoms. The van der Waals surface area contributed by atoms with E-state index in [-0.39, 0.29) is 22.6 Å². The van der Waals surface area contributed by atoms with E-state index in [1.807, 2.05) is 0 Å². The Morgan fingerprint density at radius 3 is 2.39 bits per heavy atom. The van der Waals surface area contributed by atoms with Gasteiger partial charge in [-0.2, -0.15) is 0 Å². The molecule has 0 amide bonds. The van der Waals surface area contributed by atoms with Gasteiger partial charge in [-0.25, -0.2) is 0 Å². The number of carboxylic acid groups (broad SMARTS) is 1. The van der Waals surface area contributed by atoms with E-state index in [0.717, 1.165) is 0 Å². The fourth-order valence-electron chi connectivity index (χ4n) is 1.53. The lowest BCUT2D eigenvalue weighted by Crippen LogP contribution is -2.21. The van der Waals surface area contributed by atoms with Gasteiger partial charge in [-0.15, -0.1) is 0 Å². The number of nitrogens with two attached hydrogens (primary N) is 1. The number of benzene rings is 1. The van der Waals surface area contributed by atoms with E-state index in [9.17, 15) is 9.59 Å². The average Bonchev–Trinajstić information content (AvgIpc) is 2.35. The van der Waals surface area contributed by atoms with Crippen molar-refractivity contribution in [2.45, 2.75) is 6.04 Å². The zero-order chi connectivity index (χ0) is 13.9. The summed E-state index contributed by atoms with van der Waals surface area (Å²) >= 11 is 3.16. The second-order valence-electron chi connectivity index (χ2n) is 3.36. The molecule has 0 spiro atoms. The molecule has 0 aliphatic rings. The first kappa shape index (κ1) is 14.5. The van der Waals surface area contributed by atoms with Crippen LogP contribution >= 0.6 is 15.9 Å². The van der Waals surface area contributed by atoms with Gasteiger partial charge in [0.25, 0.3) is 0 Å². The number of carbonyl (C=O) groups is 2. The van der Waals surface area contributed by atoms with Crippen molar-refractivity contribution in [2.24, 2.45) is 5.73 Å². The van der Waals surface area contributed by atoms with Crippen molar-refractivity contribution in [3.8, 4) is 11.5 Å². The zero-order valence-corrected chi connectivity index (χ0v) is 11.4. The number of ether oxygens (including phenoxy) is 2. The van der Waals surface area contributed by atoms with Crippen LogP contribution in [0.1, 0.15) is 22.0 Å². The lowest BCUT2D eigenvalue weighted by molar-refractivity contribution is -0.138. The Labute approximate surface area is 112 Å². The Hall–Kier alpha value is -1.60. The van der Waals surface area contributed by atoms with Crippen LogP contribution in [0.15, 0.2) is 10.5 Å². The molecule has 98 valence electrons. The van der Waals surface area contributed by atoms with E-state index >= 15 is 0 Å². The first-order chi connectivity index (χ1) is 8.47. The smallest absolute Gasteiger partial charge is 0.325 e. The van der Waals surface area contributed by atoms with Crippen molar-refractivity contribution in [2.75, 3.05) is 14.2 Å². The zero-order valence-electron chi connectivity index (χ0n) is 9.77. The van der Waals surface area contributed by atoms with Crippen LogP contribution in [0.2, 0.25) is 0 Å². The molecule has 1 unspecified atom stereocenters. The van der Waals surface area contributed by atoms with Gasteiger partial charge < -0.3 is 20.3 Å². The monoisotopic (exact) mass is 317 g/mol. The normalized spacial score (nSPS) is 11.8. The fourth-order valence-corrected chi connectivity index (χ4v) is 2.05. The summed E-state index contributed by atoms with van der Waals surface area (Å²) in [4.78, 5) is 21.9. The maximum atomic E-state index is 11.0. The number of hydrogen-bond acceptors (Lipinski definition) is 5. The highest BCUT2D eigenvalue weighted by Crippen LogP contribution is 2.40. The lowest BCUT2D eigenvalue weighted by atomic mass is 10.0. The van der Waals surface area contributed by atoms with Crippen LogP contribution in [0.4, 0.5) is 0 Å². The summed E-state index contributed by atoms with van der Waals surface area (Å²) in [5.41, 5.74) is 6.01. The van der Waals surface area contributed by atoms with Gasteiger partial charge in [-0.1, -0.05) is 0 Å². The van der Waals surface area contributed by atoms with E-state index in [1.54, 1.807) is 0 Å². The van der Waals surface area contributed by atoms with E-state index in [1.165, 1.54) is 20.3 Å². The molecule has 1 rings (SSSR count). The topological polar surface area (TPSA) is 98.9 Å². The third kappa shape index (κ3) is 2.46. The molecule has 1 aromatic carbocycles. The third-order valence-corrected chi connectivity index (χ3v) is 3.04. The SMILES string of the molecule is COc1c(C(N)C(=O)O)cc(Br)c(C=O)c1OC. The number of aliphatic carboxylic acids is 1. The van der Waals surface area contributed by atoms with Crippen LogP contribution in [0.25, 0.3) is 0 Å². The van der Waals surface area contributed by atoms with Gasteiger partial charge in [-0.05, 0) is 22.0 Å². The van der Waals surface area contributed by atoms with Crippen molar-refractivity contribution in [3.63, 3.8) is 0 Å². The van der Waals surface area contributed by atoms with Crippen LogP contribution in [0.5, 0.6) is 11.5 Å². The largest absolute Gasteiger partial charge is 0.492 e. The number of carbonyl (C=O) groups excluding carboxylic acids is 1. The molecule has 0 aromatic heterocycles. The van der Waals surface area contributed by atoms with Gasteiger partial charge in [0.2, 0.25) is 0 Å². The van der Waals surface area contributed by atoms with Crippen LogP contribution in [0, 0.1) is 0 Å². The van der Waals surface area contributed by atoms with E-state index < -0.39 is 12.0 Å². The van der Waals surface area contributed by atoms with Crippen LogP contribution in [-0.4, -0.2) is 31.6 Å². The highest BCUT2D eigenvalue weighted by molar-refractivity contribution is 9.10. The summed E-state index contributed by atoms with van der Waals surface area (Å²) in [6.07, 6.45) is 0.585. The van der Waals surface area contributed by atoms with Crippen molar-refractivity contribution in [3.05, 3.63) is 21.7 Å². The van der Waals surface area contributed by atoms with Crippen molar-refractivity contribution < 1.29 is 24.2 Å². The molecule has 3 N–H and O–H groups in total.